The first kappa shape index (κ1) is 16.9. The van der Waals surface area contributed by atoms with E-state index in [0.29, 0.717) is 0 Å². The van der Waals surface area contributed by atoms with Crippen molar-refractivity contribution in [3.63, 3.8) is 0 Å². The first-order chi connectivity index (χ1) is 9.30. The van der Waals surface area contributed by atoms with Crippen LogP contribution in [0.25, 0.3) is 0 Å². The first-order valence-corrected chi connectivity index (χ1v) is 8.02. The molecule has 0 radical (unpaired) electrons. The molecule has 0 saturated heterocycles. The minimum absolute atomic E-state index is 0.192. The second-order valence-corrected chi connectivity index (χ2v) is 7.03. The van der Waals surface area contributed by atoms with Gasteiger partial charge in [0, 0.05) is 43.2 Å². The summed E-state index contributed by atoms with van der Waals surface area (Å²) in [6.45, 7) is 10.2. The Hall–Kier alpha value is -1.17. The molecule has 0 aliphatic carbocycles. The number of aromatic nitrogens is 2. The first-order valence-electron chi connectivity index (χ1n) is 6.79. The second-order valence-electron chi connectivity index (χ2n) is 5.52. The van der Waals surface area contributed by atoms with Gasteiger partial charge in [-0.1, -0.05) is 0 Å². The Morgan fingerprint density at radius 1 is 1.35 bits per heavy atom. The standard InChI is InChI=1S/C14H27N5S/c1-10-12(11(2)19(6)18-10)8-16-13(15-5)17-9-14(3,4)20-7/h8-9H2,1-7H3,(H2,15,16,17). The summed E-state index contributed by atoms with van der Waals surface area (Å²) in [5.74, 6) is 0.828. The van der Waals surface area contributed by atoms with Crippen LogP contribution in [0.5, 0.6) is 0 Å². The molecule has 1 aromatic heterocycles. The zero-order valence-electron chi connectivity index (χ0n) is 13.7. The molecule has 0 aliphatic rings. The van der Waals surface area contributed by atoms with Crippen molar-refractivity contribution >= 4 is 17.7 Å². The molecular formula is C14H27N5S. The van der Waals surface area contributed by atoms with Crippen LogP contribution in [0.4, 0.5) is 0 Å². The number of nitrogens with one attached hydrogen (secondary N) is 2. The molecule has 1 rings (SSSR count). The molecule has 6 heteroatoms. The molecule has 0 saturated carbocycles. The third-order valence-corrected chi connectivity index (χ3v) is 4.80. The van der Waals surface area contributed by atoms with E-state index in [1.165, 1.54) is 11.3 Å². The maximum atomic E-state index is 4.43. The van der Waals surface area contributed by atoms with Crippen molar-refractivity contribution in [1.82, 2.24) is 20.4 Å². The Bertz CT molecular complexity index is 476. The van der Waals surface area contributed by atoms with Crippen LogP contribution in [-0.4, -0.2) is 40.3 Å². The van der Waals surface area contributed by atoms with Crippen molar-refractivity contribution in [2.45, 2.75) is 39.0 Å². The molecule has 114 valence electrons. The molecule has 0 atom stereocenters. The summed E-state index contributed by atoms with van der Waals surface area (Å²) < 4.78 is 2.11. The van der Waals surface area contributed by atoms with Crippen LogP contribution in [0.3, 0.4) is 0 Å². The molecule has 0 unspecified atom stereocenters. The average Bonchev–Trinajstić information content (AvgIpc) is 2.64. The highest BCUT2D eigenvalue weighted by Gasteiger charge is 2.16. The van der Waals surface area contributed by atoms with E-state index in [4.69, 9.17) is 0 Å². The zero-order chi connectivity index (χ0) is 15.3. The summed E-state index contributed by atoms with van der Waals surface area (Å²) in [5.41, 5.74) is 3.49. The van der Waals surface area contributed by atoms with E-state index in [1.807, 2.05) is 30.4 Å². The van der Waals surface area contributed by atoms with Crippen molar-refractivity contribution in [2.24, 2.45) is 12.0 Å². The maximum Gasteiger partial charge on any atom is 0.191 e. The minimum atomic E-state index is 0.192. The van der Waals surface area contributed by atoms with Crippen molar-refractivity contribution in [1.29, 1.82) is 0 Å². The van der Waals surface area contributed by atoms with Gasteiger partial charge in [0.15, 0.2) is 5.96 Å². The summed E-state index contributed by atoms with van der Waals surface area (Å²) in [6, 6.07) is 0. The molecule has 0 bridgehead atoms. The molecular weight excluding hydrogens is 270 g/mol. The number of nitrogens with zero attached hydrogens (tertiary/aromatic N) is 3. The van der Waals surface area contributed by atoms with Gasteiger partial charge in [0.25, 0.3) is 0 Å². The van der Waals surface area contributed by atoms with Gasteiger partial charge in [0.05, 0.1) is 5.69 Å². The summed E-state index contributed by atoms with van der Waals surface area (Å²) in [4.78, 5) is 4.26. The third kappa shape index (κ3) is 4.44. The highest BCUT2D eigenvalue weighted by molar-refractivity contribution is 7.99. The number of thioether (sulfide) groups is 1. The van der Waals surface area contributed by atoms with Crippen LogP contribution in [-0.2, 0) is 13.6 Å². The van der Waals surface area contributed by atoms with Gasteiger partial charge in [-0.05, 0) is 34.0 Å². The SMILES string of the molecule is CN=C(NCc1c(C)nn(C)c1C)NCC(C)(C)SC. The second kappa shape index (κ2) is 7.02. The molecule has 0 fully saturated rings. The topological polar surface area (TPSA) is 54.2 Å². The minimum Gasteiger partial charge on any atom is -0.355 e. The summed E-state index contributed by atoms with van der Waals surface area (Å²) in [7, 11) is 3.77. The van der Waals surface area contributed by atoms with Crippen LogP contribution >= 0.6 is 11.8 Å². The lowest BCUT2D eigenvalue weighted by atomic mass is 10.2. The van der Waals surface area contributed by atoms with Crippen LogP contribution in [0.1, 0.15) is 30.8 Å². The van der Waals surface area contributed by atoms with Gasteiger partial charge in [-0.2, -0.15) is 16.9 Å². The Morgan fingerprint density at radius 2 is 2.00 bits per heavy atom. The fraction of sp³-hybridized carbons (Fsp3) is 0.714. The quantitative estimate of drug-likeness (QED) is 0.643. The number of aliphatic imine (C=N–C) groups is 1. The average molecular weight is 297 g/mol. The van der Waals surface area contributed by atoms with E-state index in [9.17, 15) is 0 Å². The van der Waals surface area contributed by atoms with Crippen LogP contribution in [0.2, 0.25) is 0 Å². The smallest absolute Gasteiger partial charge is 0.191 e. The molecule has 5 nitrogen and oxygen atoms in total. The van der Waals surface area contributed by atoms with Gasteiger partial charge < -0.3 is 10.6 Å². The van der Waals surface area contributed by atoms with E-state index in [-0.39, 0.29) is 4.75 Å². The lowest BCUT2D eigenvalue weighted by molar-refractivity contribution is 0.663. The molecule has 0 aromatic carbocycles. The Labute approximate surface area is 126 Å². The van der Waals surface area contributed by atoms with E-state index < -0.39 is 0 Å². The molecule has 1 heterocycles. The molecule has 20 heavy (non-hydrogen) atoms. The molecule has 2 N–H and O–H groups in total. The largest absolute Gasteiger partial charge is 0.355 e. The van der Waals surface area contributed by atoms with Crippen molar-refractivity contribution in [3.8, 4) is 0 Å². The maximum absolute atomic E-state index is 4.43. The van der Waals surface area contributed by atoms with Crippen LogP contribution < -0.4 is 10.6 Å². The zero-order valence-corrected chi connectivity index (χ0v) is 14.5. The molecule has 1 aromatic rings. The fourth-order valence-electron chi connectivity index (χ4n) is 1.83. The van der Waals surface area contributed by atoms with E-state index >= 15 is 0 Å². The highest BCUT2D eigenvalue weighted by atomic mass is 32.2. The lowest BCUT2D eigenvalue weighted by Crippen LogP contribution is -2.43. The van der Waals surface area contributed by atoms with Gasteiger partial charge in [0.2, 0.25) is 0 Å². The van der Waals surface area contributed by atoms with Gasteiger partial charge in [0.1, 0.15) is 0 Å². The van der Waals surface area contributed by atoms with E-state index in [1.54, 1.807) is 7.05 Å². The number of aryl methyl sites for hydroxylation is 2. The number of rotatable bonds is 5. The highest BCUT2D eigenvalue weighted by Crippen LogP contribution is 2.19. The Kier molecular flexibility index (Phi) is 5.92. The number of hydrogen-bond acceptors (Lipinski definition) is 3. The van der Waals surface area contributed by atoms with E-state index in [2.05, 4.69) is 47.8 Å². The summed E-state index contributed by atoms with van der Waals surface area (Å²) >= 11 is 1.84. The van der Waals surface area contributed by atoms with Crippen LogP contribution in [0.15, 0.2) is 4.99 Å². The van der Waals surface area contributed by atoms with Gasteiger partial charge >= 0.3 is 0 Å². The van der Waals surface area contributed by atoms with Crippen molar-refractivity contribution in [2.75, 3.05) is 19.8 Å². The van der Waals surface area contributed by atoms with Gasteiger partial charge in [-0.15, -0.1) is 0 Å². The monoisotopic (exact) mass is 297 g/mol. The summed E-state index contributed by atoms with van der Waals surface area (Å²) in [5, 5.41) is 11.1. The predicted molar refractivity (Wildman–Crippen MR) is 88.5 cm³/mol. The normalized spacial score (nSPS) is 12.7. The summed E-state index contributed by atoms with van der Waals surface area (Å²) in [6.07, 6.45) is 2.13. The number of guanidine groups is 1. The van der Waals surface area contributed by atoms with Gasteiger partial charge in [-0.3, -0.25) is 9.67 Å². The Balaban J connectivity index is 2.58. The molecule has 0 aliphatic heterocycles. The van der Waals surface area contributed by atoms with Crippen molar-refractivity contribution in [3.05, 3.63) is 17.0 Å². The fourth-order valence-corrected chi connectivity index (χ4v) is 2.05. The molecule has 0 amide bonds. The van der Waals surface area contributed by atoms with Crippen LogP contribution in [0, 0.1) is 13.8 Å². The lowest BCUT2D eigenvalue weighted by Gasteiger charge is -2.23. The van der Waals surface area contributed by atoms with Gasteiger partial charge in [-0.25, -0.2) is 0 Å². The Morgan fingerprint density at radius 3 is 2.45 bits per heavy atom. The third-order valence-electron chi connectivity index (χ3n) is 3.55. The molecule has 0 spiro atoms. The predicted octanol–water partition coefficient (Wildman–Crippen LogP) is 1.84. The number of hydrogen-bond donors (Lipinski definition) is 2. The van der Waals surface area contributed by atoms with E-state index in [0.717, 1.165) is 24.7 Å². The van der Waals surface area contributed by atoms with Crippen molar-refractivity contribution < 1.29 is 0 Å².